The predicted octanol–water partition coefficient (Wildman–Crippen LogP) is 2.84. The van der Waals surface area contributed by atoms with E-state index < -0.39 is 11.6 Å². The molecule has 0 radical (unpaired) electrons. The van der Waals surface area contributed by atoms with Crippen LogP contribution in [-0.4, -0.2) is 17.1 Å². The average molecular weight is 242 g/mol. The Hall–Kier alpha value is -1.69. The van der Waals surface area contributed by atoms with Crippen molar-refractivity contribution in [1.29, 1.82) is 0 Å². The maximum atomic E-state index is 13.0. The summed E-state index contributed by atoms with van der Waals surface area (Å²) < 4.78 is 25.7. The van der Waals surface area contributed by atoms with Crippen LogP contribution in [0.2, 0.25) is 0 Å². The Morgan fingerprint density at radius 1 is 1.31 bits per heavy atom. The SMILES string of the molecule is CNc1nc(O)c(-c2ccc(F)c(F)c2)s1. The number of aromatic hydroxyl groups is 1. The van der Waals surface area contributed by atoms with E-state index >= 15 is 0 Å². The lowest BCUT2D eigenvalue weighted by molar-refractivity contribution is 0.459. The van der Waals surface area contributed by atoms with Gasteiger partial charge < -0.3 is 10.4 Å². The number of hydrogen-bond donors (Lipinski definition) is 2. The van der Waals surface area contributed by atoms with Gasteiger partial charge in [0, 0.05) is 12.6 Å². The summed E-state index contributed by atoms with van der Waals surface area (Å²) in [7, 11) is 1.66. The number of hydrogen-bond acceptors (Lipinski definition) is 4. The molecule has 0 atom stereocenters. The van der Waals surface area contributed by atoms with E-state index in [9.17, 15) is 13.9 Å². The zero-order valence-electron chi connectivity index (χ0n) is 8.29. The Morgan fingerprint density at radius 2 is 2.06 bits per heavy atom. The molecular weight excluding hydrogens is 234 g/mol. The molecule has 2 rings (SSSR count). The molecule has 0 unspecified atom stereocenters. The first kappa shape index (κ1) is 10.8. The van der Waals surface area contributed by atoms with E-state index in [1.54, 1.807) is 7.05 Å². The van der Waals surface area contributed by atoms with Crippen LogP contribution in [0.1, 0.15) is 0 Å². The third-order valence-electron chi connectivity index (χ3n) is 2.00. The van der Waals surface area contributed by atoms with Crippen LogP contribution >= 0.6 is 11.3 Å². The number of benzene rings is 1. The van der Waals surface area contributed by atoms with Crippen LogP contribution in [0.5, 0.6) is 5.88 Å². The molecule has 0 aliphatic heterocycles. The van der Waals surface area contributed by atoms with E-state index in [2.05, 4.69) is 10.3 Å². The van der Waals surface area contributed by atoms with Crippen LogP contribution in [-0.2, 0) is 0 Å². The van der Waals surface area contributed by atoms with Gasteiger partial charge in [-0.05, 0) is 12.1 Å². The van der Waals surface area contributed by atoms with E-state index in [0.717, 1.165) is 12.1 Å². The molecule has 2 N–H and O–H groups in total. The summed E-state index contributed by atoms with van der Waals surface area (Å²) in [5, 5.41) is 12.8. The Morgan fingerprint density at radius 3 is 2.62 bits per heavy atom. The summed E-state index contributed by atoms with van der Waals surface area (Å²) in [6, 6.07) is 3.44. The Kier molecular flexibility index (Phi) is 2.74. The van der Waals surface area contributed by atoms with E-state index in [-0.39, 0.29) is 5.88 Å². The lowest BCUT2D eigenvalue weighted by Crippen LogP contribution is -1.83. The number of nitrogens with zero attached hydrogens (tertiary/aromatic N) is 1. The molecule has 0 spiro atoms. The molecule has 16 heavy (non-hydrogen) atoms. The fraction of sp³-hybridized carbons (Fsp3) is 0.100. The minimum absolute atomic E-state index is 0.194. The van der Waals surface area contributed by atoms with Crippen LogP contribution in [0.15, 0.2) is 18.2 Å². The average Bonchev–Trinajstić information content (AvgIpc) is 2.64. The Balaban J connectivity index is 2.49. The van der Waals surface area contributed by atoms with Gasteiger partial charge in [-0.3, -0.25) is 0 Å². The maximum Gasteiger partial charge on any atom is 0.232 e. The number of nitrogens with one attached hydrogen (secondary N) is 1. The Bertz CT molecular complexity index is 528. The largest absolute Gasteiger partial charge is 0.492 e. The minimum atomic E-state index is -0.948. The van der Waals surface area contributed by atoms with Crippen LogP contribution in [0.25, 0.3) is 10.4 Å². The van der Waals surface area contributed by atoms with E-state index in [1.807, 2.05) is 0 Å². The molecule has 84 valence electrons. The lowest BCUT2D eigenvalue weighted by atomic mass is 10.2. The van der Waals surface area contributed by atoms with Crippen LogP contribution in [0.4, 0.5) is 13.9 Å². The zero-order valence-corrected chi connectivity index (χ0v) is 9.11. The standard InChI is InChI=1S/C10H8F2N2OS/c1-13-10-14-9(15)8(16-10)5-2-3-6(11)7(12)4-5/h2-4,15H,1H3,(H,13,14). The predicted molar refractivity (Wildman–Crippen MR) is 58.7 cm³/mol. The summed E-state index contributed by atoms with van der Waals surface area (Å²) in [5.41, 5.74) is 0.399. The summed E-state index contributed by atoms with van der Waals surface area (Å²) in [4.78, 5) is 4.21. The molecular formula is C10H8F2N2OS. The monoisotopic (exact) mass is 242 g/mol. The normalized spacial score (nSPS) is 10.4. The number of thiazole rings is 1. The maximum absolute atomic E-state index is 13.0. The van der Waals surface area contributed by atoms with Gasteiger partial charge >= 0.3 is 0 Å². The molecule has 6 heteroatoms. The Labute approximate surface area is 94.4 Å². The van der Waals surface area contributed by atoms with Crippen molar-refractivity contribution < 1.29 is 13.9 Å². The fourth-order valence-electron chi connectivity index (χ4n) is 1.24. The fourth-order valence-corrected chi connectivity index (χ4v) is 2.05. The molecule has 3 nitrogen and oxygen atoms in total. The second-order valence-corrected chi connectivity index (χ2v) is 4.05. The first-order valence-corrected chi connectivity index (χ1v) is 5.26. The van der Waals surface area contributed by atoms with Gasteiger partial charge in [0.05, 0.1) is 4.88 Å². The van der Waals surface area contributed by atoms with E-state index in [1.165, 1.54) is 17.4 Å². The summed E-state index contributed by atoms with van der Waals surface area (Å²) in [6.45, 7) is 0. The molecule has 2 aromatic rings. The molecule has 0 aliphatic carbocycles. The van der Waals surface area contributed by atoms with Crippen LogP contribution in [0.3, 0.4) is 0 Å². The highest BCUT2D eigenvalue weighted by atomic mass is 32.1. The summed E-state index contributed by atoms with van der Waals surface area (Å²) in [5.74, 6) is -2.06. The highest BCUT2D eigenvalue weighted by Crippen LogP contribution is 2.37. The number of aromatic nitrogens is 1. The van der Waals surface area contributed by atoms with Gasteiger partial charge in [0.15, 0.2) is 16.8 Å². The van der Waals surface area contributed by atoms with Gasteiger partial charge in [-0.2, -0.15) is 4.98 Å². The minimum Gasteiger partial charge on any atom is -0.492 e. The van der Waals surface area contributed by atoms with Crippen molar-refractivity contribution in [2.24, 2.45) is 0 Å². The molecule has 0 fully saturated rings. The van der Waals surface area contributed by atoms with Crippen molar-refractivity contribution in [2.75, 3.05) is 12.4 Å². The van der Waals surface area contributed by atoms with Crippen molar-refractivity contribution in [3.05, 3.63) is 29.8 Å². The first-order valence-electron chi connectivity index (χ1n) is 4.45. The van der Waals surface area contributed by atoms with Crippen LogP contribution < -0.4 is 5.32 Å². The molecule has 1 aromatic carbocycles. The van der Waals surface area contributed by atoms with Crippen molar-refractivity contribution >= 4 is 16.5 Å². The van der Waals surface area contributed by atoms with Crippen molar-refractivity contribution in [2.45, 2.75) is 0 Å². The molecule has 0 bridgehead atoms. The van der Waals surface area contributed by atoms with Gasteiger partial charge in [-0.15, -0.1) is 0 Å². The van der Waals surface area contributed by atoms with E-state index in [0.29, 0.717) is 15.6 Å². The molecule has 1 heterocycles. The second-order valence-electron chi connectivity index (χ2n) is 3.05. The van der Waals surface area contributed by atoms with Crippen LogP contribution in [0, 0.1) is 11.6 Å². The smallest absolute Gasteiger partial charge is 0.232 e. The van der Waals surface area contributed by atoms with Gasteiger partial charge in [-0.25, -0.2) is 8.78 Å². The lowest BCUT2D eigenvalue weighted by Gasteiger charge is -1.98. The van der Waals surface area contributed by atoms with Crippen molar-refractivity contribution in [1.82, 2.24) is 4.98 Å². The van der Waals surface area contributed by atoms with Crippen molar-refractivity contribution in [3.8, 4) is 16.3 Å². The highest BCUT2D eigenvalue weighted by molar-refractivity contribution is 7.19. The van der Waals surface area contributed by atoms with Gasteiger partial charge in [0.1, 0.15) is 0 Å². The molecule has 0 aliphatic rings. The summed E-state index contributed by atoms with van der Waals surface area (Å²) in [6.07, 6.45) is 0. The quantitative estimate of drug-likeness (QED) is 0.851. The zero-order chi connectivity index (χ0) is 11.7. The van der Waals surface area contributed by atoms with Gasteiger partial charge in [0.25, 0.3) is 0 Å². The molecule has 0 saturated carbocycles. The second kappa shape index (κ2) is 4.05. The van der Waals surface area contributed by atoms with E-state index in [4.69, 9.17) is 0 Å². The number of halogens is 2. The molecule has 0 saturated heterocycles. The molecule has 1 aromatic heterocycles. The van der Waals surface area contributed by atoms with Gasteiger partial charge in [-0.1, -0.05) is 17.4 Å². The third-order valence-corrected chi connectivity index (χ3v) is 3.12. The number of rotatable bonds is 2. The highest BCUT2D eigenvalue weighted by Gasteiger charge is 2.13. The topological polar surface area (TPSA) is 45.2 Å². The molecule has 0 amide bonds. The van der Waals surface area contributed by atoms with Gasteiger partial charge in [0.2, 0.25) is 5.88 Å². The third kappa shape index (κ3) is 1.83. The number of anilines is 1. The first-order chi connectivity index (χ1) is 7.61. The summed E-state index contributed by atoms with van der Waals surface area (Å²) >= 11 is 1.17. The van der Waals surface area contributed by atoms with Crippen molar-refractivity contribution in [3.63, 3.8) is 0 Å².